The molecule has 20 heavy (non-hydrogen) atoms. The van der Waals surface area contributed by atoms with E-state index in [1.807, 2.05) is 39.0 Å². The molecule has 106 valence electrons. The topological polar surface area (TPSA) is 59.8 Å². The first-order chi connectivity index (χ1) is 9.58. The van der Waals surface area contributed by atoms with E-state index in [9.17, 15) is 4.79 Å². The van der Waals surface area contributed by atoms with E-state index in [2.05, 4.69) is 15.4 Å². The van der Waals surface area contributed by atoms with Crippen molar-refractivity contribution in [3.8, 4) is 0 Å². The van der Waals surface area contributed by atoms with Crippen LogP contribution in [0.4, 0.5) is 5.82 Å². The SMILES string of the molecule is CC(Sc1ccncc1)C(=O)Nc1ccnn1C(C)C. The standard InChI is InChI=1S/C14H18N4OS/c1-10(2)18-13(6-9-16-18)17-14(19)11(3)20-12-4-7-15-8-5-12/h4-11H,1-3H3,(H,17,19). The summed E-state index contributed by atoms with van der Waals surface area (Å²) in [6.45, 7) is 5.94. The molecule has 5 nitrogen and oxygen atoms in total. The van der Waals surface area contributed by atoms with E-state index in [-0.39, 0.29) is 17.2 Å². The van der Waals surface area contributed by atoms with Crippen LogP contribution in [0.15, 0.2) is 41.7 Å². The maximum atomic E-state index is 12.2. The highest BCUT2D eigenvalue weighted by molar-refractivity contribution is 8.00. The maximum Gasteiger partial charge on any atom is 0.238 e. The highest BCUT2D eigenvalue weighted by atomic mass is 32.2. The Morgan fingerprint density at radius 3 is 2.55 bits per heavy atom. The molecule has 1 N–H and O–H groups in total. The number of rotatable bonds is 5. The summed E-state index contributed by atoms with van der Waals surface area (Å²) in [6.07, 6.45) is 5.14. The van der Waals surface area contributed by atoms with Crippen LogP contribution in [0.25, 0.3) is 0 Å². The number of amides is 1. The summed E-state index contributed by atoms with van der Waals surface area (Å²) < 4.78 is 1.79. The lowest BCUT2D eigenvalue weighted by molar-refractivity contribution is -0.115. The van der Waals surface area contributed by atoms with Gasteiger partial charge in [0.2, 0.25) is 5.91 Å². The fraction of sp³-hybridized carbons (Fsp3) is 0.357. The molecule has 0 aliphatic carbocycles. The van der Waals surface area contributed by atoms with Crippen molar-refractivity contribution in [1.82, 2.24) is 14.8 Å². The van der Waals surface area contributed by atoms with Crippen molar-refractivity contribution in [2.45, 2.75) is 37.0 Å². The lowest BCUT2D eigenvalue weighted by atomic mass is 10.4. The first kappa shape index (κ1) is 14.6. The predicted molar refractivity (Wildman–Crippen MR) is 80.8 cm³/mol. The van der Waals surface area contributed by atoms with Crippen molar-refractivity contribution in [3.05, 3.63) is 36.8 Å². The van der Waals surface area contributed by atoms with E-state index < -0.39 is 0 Å². The Labute approximate surface area is 122 Å². The van der Waals surface area contributed by atoms with Gasteiger partial charge in [0.25, 0.3) is 0 Å². The largest absolute Gasteiger partial charge is 0.310 e. The van der Waals surface area contributed by atoms with Gasteiger partial charge in [-0.15, -0.1) is 11.8 Å². The van der Waals surface area contributed by atoms with Crippen LogP contribution < -0.4 is 5.32 Å². The smallest absolute Gasteiger partial charge is 0.238 e. The van der Waals surface area contributed by atoms with Gasteiger partial charge in [0, 0.05) is 29.4 Å². The summed E-state index contributed by atoms with van der Waals surface area (Å²) in [5.41, 5.74) is 0. The summed E-state index contributed by atoms with van der Waals surface area (Å²) >= 11 is 1.51. The summed E-state index contributed by atoms with van der Waals surface area (Å²) in [6, 6.07) is 5.81. The average Bonchev–Trinajstić information content (AvgIpc) is 2.88. The molecule has 0 aromatic carbocycles. The number of nitrogens with one attached hydrogen (secondary N) is 1. The van der Waals surface area contributed by atoms with Gasteiger partial charge in [0.1, 0.15) is 5.82 Å². The Morgan fingerprint density at radius 1 is 1.20 bits per heavy atom. The normalized spacial score (nSPS) is 12.4. The fourth-order valence-corrected chi connectivity index (χ4v) is 2.58. The van der Waals surface area contributed by atoms with Crippen LogP contribution in [0.2, 0.25) is 0 Å². The van der Waals surface area contributed by atoms with Gasteiger partial charge in [-0.25, -0.2) is 4.68 Å². The molecule has 6 heteroatoms. The second-order valence-electron chi connectivity index (χ2n) is 4.69. The molecule has 1 unspecified atom stereocenters. The molecule has 2 aromatic rings. The summed E-state index contributed by atoms with van der Waals surface area (Å²) in [7, 11) is 0. The van der Waals surface area contributed by atoms with Crippen LogP contribution in [-0.4, -0.2) is 25.9 Å². The minimum absolute atomic E-state index is 0.0331. The zero-order chi connectivity index (χ0) is 14.5. The van der Waals surface area contributed by atoms with Crippen LogP contribution in [0, 0.1) is 0 Å². The molecule has 0 bridgehead atoms. The third kappa shape index (κ3) is 3.60. The van der Waals surface area contributed by atoms with Crippen molar-refractivity contribution < 1.29 is 4.79 Å². The van der Waals surface area contributed by atoms with Gasteiger partial charge in [-0.2, -0.15) is 5.10 Å². The van der Waals surface area contributed by atoms with Gasteiger partial charge >= 0.3 is 0 Å². The minimum atomic E-state index is -0.187. The zero-order valence-corrected chi connectivity index (χ0v) is 12.6. The third-order valence-electron chi connectivity index (χ3n) is 2.74. The van der Waals surface area contributed by atoms with Gasteiger partial charge in [-0.1, -0.05) is 0 Å². The molecule has 0 fully saturated rings. The Bertz CT molecular complexity index is 568. The average molecular weight is 290 g/mol. The van der Waals surface area contributed by atoms with Gasteiger partial charge in [-0.3, -0.25) is 9.78 Å². The van der Waals surface area contributed by atoms with Gasteiger partial charge < -0.3 is 5.32 Å². The van der Waals surface area contributed by atoms with Crippen molar-refractivity contribution in [1.29, 1.82) is 0 Å². The minimum Gasteiger partial charge on any atom is -0.310 e. The number of thioether (sulfide) groups is 1. The summed E-state index contributed by atoms with van der Waals surface area (Å²) in [5, 5.41) is 6.93. The van der Waals surface area contributed by atoms with E-state index in [1.54, 1.807) is 23.3 Å². The van der Waals surface area contributed by atoms with Crippen molar-refractivity contribution in [3.63, 3.8) is 0 Å². The molecule has 0 aliphatic rings. The monoisotopic (exact) mass is 290 g/mol. The molecule has 1 atom stereocenters. The maximum absolute atomic E-state index is 12.2. The Kier molecular flexibility index (Phi) is 4.79. The number of carbonyl (C=O) groups is 1. The van der Waals surface area contributed by atoms with Crippen LogP contribution in [0.3, 0.4) is 0 Å². The van der Waals surface area contributed by atoms with Crippen molar-refractivity contribution in [2.75, 3.05) is 5.32 Å². The lowest BCUT2D eigenvalue weighted by Crippen LogP contribution is -2.24. The van der Waals surface area contributed by atoms with E-state index in [0.29, 0.717) is 0 Å². The molecule has 0 aliphatic heterocycles. The second-order valence-corrected chi connectivity index (χ2v) is 6.10. The number of anilines is 1. The Balaban J connectivity index is 1.99. The van der Waals surface area contributed by atoms with Gasteiger partial charge in [0.15, 0.2) is 0 Å². The molecule has 2 heterocycles. The van der Waals surface area contributed by atoms with E-state index in [0.717, 1.165) is 10.7 Å². The predicted octanol–water partition coefficient (Wildman–Crippen LogP) is 2.98. The molecular weight excluding hydrogens is 272 g/mol. The van der Waals surface area contributed by atoms with E-state index in [4.69, 9.17) is 0 Å². The lowest BCUT2D eigenvalue weighted by Gasteiger charge is -2.14. The number of hydrogen-bond donors (Lipinski definition) is 1. The summed E-state index contributed by atoms with van der Waals surface area (Å²) in [4.78, 5) is 17.2. The number of carbonyl (C=O) groups excluding carboxylic acids is 1. The number of hydrogen-bond acceptors (Lipinski definition) is 4. The first-order valence-electron chi connectivity index (χ1n) is 6.49. The highest BCUT2D eigenvalue weighted by Gasteiger charge is 2.16. The van der Waals surface area contributed by atoms with Crippen LogP contribution in [0.1, 0.15) is 26.8 Å². The molecular formula is C14H18N4OS. The Hall–Kier alpha value is -1.82. The molecule has 0 saturated carbocycles. The second kappa shape index (κ2) is 6.56. The molecule has 1 amide bonds. The van der Waals surface area contributed by atoms with E-state index in [1.165, 1.54) is 11.8 Å². The first-order valence-corrected chi connectivity index (χ1v) is 7.37. The zero-order valence-electron chi connectivity index (χ0n) is 11.8. The number of aromatic nitrogens is 3. The van der Waals surface area contributed by atoms with E-state index >= 15 is 0 Å². The van der Waals surface area contributed by atoms with Crippen LogP contribution in [0.5, 0.6) is 0 Å². The fourth-order valence-electron chi connectivity index (χ4n) is 1.73. The van der Waals surface area contributed by atoms with Crippen LogP contribution >= 0.6 is 11.8 Å². The Morgan fingerprint density at radius 2 is 1.90 bits per heavy atom. The molecule has 2 rings (SSSR count). The van der Waals surface area contributed by atoms with Crippen LogP contribution in [-0.2, 0) is 4.79 Å². The number of pyridine rings is 1. The third-order valence-corrected chi connectivity index (χ3v) is 3.85. The van der Waals surface area contributed by atoms with Gasteiger partial charge in [0.05, 0.1) is 11.4 Å². The summed E-state index contributed by atoms with van der Waals surface area (Å²) in [5.74, 6) is 0.696. The van der Waals surface area contributed by atoms with Gasteiger partial charge in [-0.05, 0) is 32.9 Å². The van der Waals surface area contributed by atoms with Crippen molar-refractivity contribution >= 4 is 23.5 Å². The molecule has 2 aromatic heterocycles. The molecule has 0 spiro atoms. The quantitative estimate of drug-likeness (QED) is 0.860. The van der Waals surface area contributed by atoms with Crippen molar-refractivity contribution in [2.24, 2.45) is 0 Å². The molecule has 0 saturated heterocycles. The molecule has 0 radical (unpaired) electrons. The highest BCUT2D eigenvalue weighted by Crippen LogP contribution is 2.23. The number of nitrogens with zero attached hydrogens (tertiary/aromatic N) is 3.